The second kappa shape index (κ2) is 12.5. The number of halogens is 1. The van der Waals surface area contributed by atoms with Gasteiger partial charge in [-0.05, 0) is 30.2 Å². The summed E-state index contributed by atoms with van der Waals surface area (Å²) in [5.41, 5.74) is 1.36. The fourth-order valence-corrected chi connectivity index (χ4v) is 4.12. The SMILES string of the molecule is C=CCn1c(SCC(=O)Nc2cc(OC)c(Cl)cc2OC)nnc1-c1ccc(OCC(C)C)cc1. The van der Waals surface area contributed by atoms with Crippen molar-refractivity contribution in [1.82, 2.24) is 14.8 Å². The van der Waals surface area contributed by atoms with E-state index in [9.17, 15) is 4.79 Å². The largest absolute Gasteiger partial charge is 0.495 e. The third-order valence-electron chi connectivity index (χ3n) is 4.80. The van der Waals surface area contributed by atoms with Crippen LogP contribution in [0.1, 0.15) is 13.8 Å². The standard InChI is InChI=1S/C25H29ClN4O4S/c1-6-11-30-24(17-7-9-18(10-8-17)34-14-16(2)3)28-29-25(30)35-15-23(31)27-20-13-21(32-4)19(26)12-22(20)33-5/h6-10,12-13,16H,1,11,14-15H2,2-5H3,(H,27,31). The molecule has 0 aliphatic rings. The summed E-state index contributed by atoms with van der Waals surface area (Å²) in [6, 6.07) is 10.9. The summed E-state index contributed by atoms with van der Waals surface area (Å²) in [6.45, 7) is 9.21. The highest BCUT2D eigenvalue weighted by atomic mass is 35.5. The van der Waals surface area contributed by atoms with Gasteiger partial charge >= 0.3 is 0 Å². The summed E-state index contributed by atoms with van der Waals surface area (Å²) < 4.78 is 18.2. The Bertz CT molecular complexity index is 1170. The van der Waals surface area contributed by atoms with Crippen LogP contribution >= 0.6 is 23.4 Å². The van der Waals surface area contributed by atoms with Gasteiger partial charge in [-0.15, -0.1) is 16.8 Å². The molecular weight excluding hydrogens is 488 g/mol. The number of ether oxygens (including phenoxy) is 3. The van der Waals surface area contributed by atoms with Crippen molar-refractivity contribution in [3.63, 3.8) is 0 Å². The number of nitrogens with zero attached hydrogens (tertiary/aromatic N) is 3. The van der Waals surface area contributed by atoms with Gasteiger partial charge in [0.2, 0.25) is 5.91 Å². The molecule has 0 fully saturated rings. The lowest BCUT2D eigenvalue weighted by Gasteiger charge is -2.13. The topological polar surface area (TPSA) is 87.5 Å². The molecule has 0 unspecified atom stereocenters. The number of rotatable bonds is 12. The van der Waals surface area contributed by atoms with Crippen molar-refractivity contribution in [3.05, 3.63) is 54.1 Å². The number of hydrogen-bond acceptors (Lipinski definition) is 7. The number of hydrogen-bond donors (Lipinski definition) is 1. The van der Waals surface area contributed by atoms with Gasteiger partial charge in [-0.1, -0.05) is 43.3 Å². The quantitative estimate of drug-likeness (QED) is 0.249. The van der Waals surface area contributed by atoms with Crippen molar-refractivity contribution in [1.29, 1.82) is 0 Å². The van der Waals surface area contributed by atoms with Gasteiger partial charge < -0.3 is 19.5 Å². The van der Waals surface area contributed by atoms with Gasteiger partial charge in [0.15, 0.2) is 11.0 Å². The first-order valence-electron chi connectivity index (χ1n) is 11.0. The van der Waals surface area contributed by atoms with Crippen LogP contribution in [0.3, 0.4) is 0 Å². The predicted octanol–water partition coefficient (Wildman–Crippen LogP) is 5.57. The maximum atomic E-state index is 12.7. The second-order valence-corrected chi connectivity index (χ2v) is 9.31. The van der Waals surface area contributed by atoms with E-state index in [0.717, 1.165) is 11.3 Å². The molecule has 3 aromatic rings. The molecule has 0 saturated carbocycles. The summed E-state index contributed by atoms with van der Waals surface area (Å²) in [5, 5.41) is 12.5. The molecule has 1 amide bonds. The van der Waals surface area contributed by atoms with Crippen molar-refractivity contribution >= 4 is 35.0 Å². The molecule has 0 atom stereocenters. The fraction of sp³-hybridized carbons (Fsp3) is 0.320. The zero-order chi connectivity index (χ0) is 25.4. The van der Waals surface area contributed by atoms with E-state index in [0.29, 0.717) is 52.3 Å². The van der Waals surface area contributed by atoms with Crippen molar-refractivity contribution in [2.24, 2.45) is 5.92 Å². The van der Waals surface area contributed by atoms with Crippen LogP contribution in [0, 0.1) is 5.92 Å². The van der Waals surface area contributed by atoms with Gasteiger partial charge in [0.25, 0.3) is 0 Å². The molecule has 3 rings (SSSR count). The molecular formula is C25H29ClN4O4S. The highest BCUT2D eigenvalue weighted by Crippen LogP contribution is 2.36. The van der Waals surface area contributed by atoms with Crippen LogP contribution in [-0.2, 0) is 11.3 Å². The first-order chi connectivity index (χ1) is 16.9. The monoisotopic (exact) mass is 516 g/mol. The molecule has 186 valence electrons. The van der Waals surface area contributed by atoms with Crippen LogP contribution < -0.4 is 19.5 Å². The molecule has 1 heterocycles. The Labute approximate surface area is 214 Å². The molecule has 0 aliphatic heterocycles. The fourth-order valence-electron chi connectivity index (χ4n) is 3.14. The van der Waals surface area contributed by atoms with Crippen molar-refractivity contribution < 1.29 is 19.0 Å². The summed E-state index contributed by atoms with van der Waals surface area (Å²) in [4.78, 5) is 12.7. The zero-order valence-corrected chi connectivity index (χ0v) is 21.8. The molecule has 0 radical (unpaired) electrons. The minimum absolute atomic E-state index is 0.116. The first kappa shape index (κ1) is 26.4. The number of thioether (sulfide) groups is 1. The first-order valence-corrected chi connectivity index (χ1v) is 12.3. The minimum Gasteiger partial charge on any atom is -0.495 e. The van der Waals surface area contributed by atoms with Gasteiger partial charge in [0.05, 0.1) is 37.3 Å². The average Bonchev–Trinajstić information content (AvgIpc) is 3.25. The lowest BCUT2D eigenvalue weighted by Crippen LogP contribution is -2.15. The number of amides is 1. The number of carbonyl (C=O) groups excluding carboxylic acids is 1. The smallest absolute Gasteiger partial charge is 0.234 e. The van der Waals surface area contributed by atoms with Crippen molar-refractivity contribution in [3.8, 4) is 28.6 Å². The van der Waals surface area contributed by atoms with Gasteiger partial charge in [0.1, 0.15) is 17.2 Å². The van der Waals surface area contributed by atoms with E-state index in [2.05, 4.69) is 35.9 Å². The van der Waals surface area contributed by atoms with Gasteiger partial charge in [-0.3, -0.25) is 9.36 Å². The summed E-state index contributed by atoms with van der Waals surface area (Å²) in [5.74, 6) is 2.69. The van der Waals surface area contributed by atoms with Crippen LogP contribution in [0.5, 0.6) is 17.2 Å². The van der Waals surface area contributed by atoms with Crippen LogP contribution in [0.4, 0.5) is 5.69 Å². The number of benzene rings is 2. The third-order valence-corrected chi connectivity index (χ3v) is 6.07. The van der Waals surface area contributed by atoms with Crippen molar-refractivity contribution in [2.45, 2.75) is 25.5 Å². The van der Waals surface area contributed by atoms with E-state index in [1.54, 1.807) is 18.2 Å². The molecule has 2 aromatic carbocycles. The normalized spacial score (nSPS) is 10.8. The van der Waals surface area contributed by atoms with Gasteiger partial charge in [0, 0.05) is 24.2 Å². The third kappa shape index (κ3) is 6.93. The number of carbonyl (C=O) groups is 1. The number of aromatic nitrogens is 3. The van der Waals surface area contributed by atoms with E-state index in [1.807, 2.05) is 28.8 Å². The Hall–Kier alpha value is -3.17. The Balaban J connectivity index is 1.71. The zero-order valence-electron chi connectivity index (χ0n) is 20.2. The molecule has 1 N–H and O–H groups in total. The Morgan fingerprint density at radius 3 is 2.51 bits per heavy atom. The predicted molar refractivity (Wildman–Crippen MR) is 140 cm³/mol. The summed E-state index contributed by atoms with van der Waals surface area (Å²) in [6.07, 6.45) is 1.77. The second-order valence-electron chi connectivity index (χ2n) is 7.96. The van der Waals surface area contributed by atoms with E-state index < -0.39 is 0 Å². The molecule has 1 aromatic heterocycles. The molecule has 0 spiro atoms. The molecule has 10 heteroatoms. The Morgan fingerprint density at radius 1 is 1.17 bits per heavy atom. The lowest BCUT2D eigenvalue weighted by atomic mass is 10.2. The lowest BCUT2D eigenvalue weighted by molar-refractivity contribution is -0.113. The van der Waals surface area contributed by atoms with E-state index in [1.165, 1.54) is 26.0 Å². The highest BCUT2D eigenvalue weighted by molar-refractivity contribution is 7.99. The molecule has 0 saturated heterocycles. The number of methoxy groups -OCH3 is 2. The van der Waals surface area contributed by atoms with E-state index >= 15 is 0 Å². The number of anilines is 1. The van der Waals surface area contributed by atoms with E-state index in [-0.39, 0.29) is 11.7 Å². The van der Waals surface area contributed by atoms with E-state index in [4.69, 9.17) is 25.8 Å². The van der Waals surface area contributed by atoms with Crippen LogP contribution in [0.15, 0.2) is 54.2 Å². The van der Waals surface area contributed by atoms with Gasteiger partial charge in [-0.25, -0.2) is 0 Å². The van der Waals surface area contributed by atoms with Crippen molar-refractivity contribution in [2.75, 3.05) is 31.9 Å². The molecule has 0 bridgehead atoms. The maximum Gasteiger partial charge on any atom is 0.234 e. The van der Waals surface area contributed by atoms with Crippen LogP contribution in [0.2, 0.25) is 5.02 Å². The molecule has 0 aliphatic carbocycles. The van der Waals surface area contributed by atoms with Gasteiger partial charge in [-0.2, -0.15) is 0 Å². The minimum atomic E-state index is -0.237. The van der Waals surface area contributed by atoms with Crippen LogP contribution in [-0.4, -0.2) is 47.3 Å². The van der Waals surface area contributed by atoms with Crippen LogP contribution in [0.25, 0.3) is 11.4 Å². The Morgan fingerprint density at radius 2 is 1.89 bits per heavy atom. The summed E-state index contributed by atoms with van der Waals surface area (Å²) in [7, 11) is 3.01. The maximum absolute atomic E-state index is 12.7. The Kier molecular flexibility index (Phi) is 9.45. The number of allylic oxidation sites excluding steroid dienone is 1. The average molecular weight is 517 g/mol. The number of nitrogens with one attached hydrogen (secondary N) is 1. The summed E-state index contributed by atoms with van der Waals surface area (Å²) >= 11 is 7.42. The molecule has 35 heavy (non-hydrogen) atoms. The molecule has 8 nitrogen and oxygen atoms in total. The highest BCUT2D eigenvalue weighted by Gasteiger charge is 2.17.